The molecule has 0 aromatic heterocycles. The molecule has 0 radical (unpaired) electrons. The van der Waals surface area contributed by atoms with Crippen LogP contribution in [0.2, 0.25) is 0 Å². The van der Waals surface area contributed by atoms with E-state index in [0.717, 1.165) is 18.7 Å². The molecule has 1 amide bonds. The third-order valence-electron chi connectivity index (χ3n) is 5.23. The monoisotopic (exact) mass is 447 g/mol. The van der Waals surface area contributed by atoms with Gasteiger partial charge in [0.15, 0.2) is 0 Å². The van der Waals surface area contributed by atoms with E-state index in [0.29, 0.717) is 31.7 Å². The Balaban J connectivity index is 1.63. The normalized spacial score (nSPS) is 15.0. The van der Waals surface area contributed by atoms with Crippen LogP contribution in [-0.2, 0) is 16.4 Å². The number of nitrogens with zero attached hydrogens (tertiary/aromatic N) is 3. The van der Waals surface area contributed by atoms with Crippen molar-refractivity contribution >= 4 is 27.3 Å². The Morgan fingerprint density at radius 1 is 1.13 bits per heavy atom. The summed E-state index contributed by atoms with van der Waals surface area (Å²) in [7, 11) is -1.74. The zero-order chi connectivity index (χ0) is 22.6. The lowest BCUT2D eigenvalue weighted by Crippen LogP contribution is -2.44. The van der Waals surface area contributed by atoms with Crippen LogP contribution in [0.1, 0.15) is 15.9 Å². The van der Waals surface area contributed by atoms with Gasteiger partial charge in [0.25, 0.3) is 11.6 Å². The van der Waals surface area contributed by atoms with Crippen molar-refractivity contribution in [1.82, 2.24) is 10.2 Å². The van der Waals surface area contributed by atoms with Gasteiger partial charge in [-0.15, -0.1) is 0 Å². The highest BCUT2D eigenvalue weighted by atomic mass is 32.2. The van der Waals surface area contributed by atoms with E-state index in [1.807, 2.05) is 11.9 Å². The maximum Gasteiger partial charge on any atom is 0.293 e. The zero-order valence-electron chi connectivity index (χ0n) is 17.2. The van der Waals surface area contributed by atoms with Crippen molar-refractivity contribution in [3.8, 4) is 0 Å². The van der Waals surface area contributed by atoms with E-state index in [1.165, 1.54) is 18.2 Å². The molecule has 0 atom stereocenters. The Labute approximate surface area is 180 Å². The molecule has 31 heavy (non-hydrogen) atoms. The minimum Gasteiger partial charge on any atom is -0.363 e. The molecular weight excluding hydrogens is 422 g/mol. The van der Waals surface area contributed by atoms with Crippen molar-refractivity contribution in [2.75, 3.05) is 44.7 Å². The van der Waals surface area contributed by atoms with Gasteiger partial charge in [-0.2, -0.15) is 0 Å². The summed E-state index contributed by atoms with van der Waals surface area (Å²) in [4.78, 5) is 27.7. The molecule has 11 heteroatoms. The van der Waals surface area contributed by atoms with Crippen LogP contribution in [0.4, 0.5) is 11.4 Å². The molecule has 0 aliphatic carbocycles. The lowest BCUT2D eigenvalue weighted by atomic mass is 10.1. The molecule has 0 spiro atoms. The highest BCUT2D eigenvalue weighted by Gasteiger charge is 2.24. The molecule has 0 bridgehead atoms. The van der Waals surface area contributed by atoms with Crippen molar-refractivity contribution in [3.63, 3.8) is 0 Å². The molecule has 3 N–H and O–H groups in total. The molecule has 1 aliphatic rings. The second kappa shape index (κ2) is 9.41. The molecule has 0 unspecified atom stereocenters. The number of nitro groups is 1. The summed E-state index contributed by atoms with van der Waals surface area (Å²) in [6.07, 6.45) is 0.470. The van der Waals surface area contributed by atoms with Gasteiger partial charge >= 0.3 is 0 Å². The van der Waals surface area contributed by atoms with Crippen molar-refractivity contribution in [1.29, 1.82) is 0 Å². The van der Waals surface area contributed by atoms with Crippen LogP contribution in [0.5, 0.6) is 0 Å². The minimum absolute atomic E-state index is 0.0213. The average Bonchev–Trinajstić information content (AvgIpc) is 2.73. The highest BCUT2D eigenvalue weighted by molar-refractivity contribution is 7.89. The highest BCUT2D eigenvalue weighted by Crippen LogP contribution is 2.30. The third kappa shape index (κ3) is 5.78. The molecule has 1 heterocycles. The Hall–Kier alpha value is -3.02. The SMILES string of the molecule is CN1CCN(c2ccc(C(=O)NCCc3ccc(S(N)(=O)=O)cc3)cc2[N+](=O)[O-])CC1. The first-order valence-corrected chi connectivity index (χ1v) is 11.3. The fourth-order valence-corrected chi connectivity index (χ4v) is 3.91. The average molecular weight is 448 g/mol. The summed E-state index contributed by atoms with van der Waals surface area (Å²) in [6, 6.07) is 10.6. The fraction of sp³-hybridized carbons (Fsp3) is 0.350. The number of primary sulfonamides is 1. The number of likely N-dealkylation sites (N-methyl/N-ethyl adjacent to an activating group) is 1. The number of anilines is 1. The molecule has 10 nitrogen and oxygen atoms in total. The standard InChI is InChI=1S/C20H25N5O5S/c1-23-10-12-24(13-11-23)18-7-4-16(14-19(18)25(27)28)20(26)22-9-8-15-2-5-17(6-3-15)31(21,29)30/h2-7,14H,8-13H2,1H3,(H,22,26)(H2,21,29,30). The number of nitrogens with one attached hydrogen (secondary N) is 1. The maximum absolute atomic E-state index is 12.5. The van der Waals surface area contributed by atoms with Gasteiger partial charge in [-0.3, -0.25) is 14.9 Å². The number of benzene rings is 2. The first-order valence-electron chi connectivity index (χ1n) is 9.77. The summed E-state index contributed by atoms with van der Waals surface area (Å²) in [5.74, 6) is -0.408. The van der Waals surface area contributed by atoms with Gasteiger partial charge in [0, 0.05) is 44.4 Å². The molecule has 1 saturated heterocycles. The van der Waals surface area contributed by atoms with Gasteiger partial charge in [0.1, 0.15) is 5.69 Å². The molecule has 2 aromatic carbocycles. The molecule has 1 aliphatic heterocycles. The van der Waals surface area contributed by atoms with Crippen LogP contribution in [-0.4, -0.2) is 63.9 Å². The quantitative estimate of drug-likeness (QED) is 0.476. The number of hydrogen-bond acceptors (Lipinski definition) is 7. The van der Waals surface area contributed by atoms with E-state index in [9.17, 15) is 23.3 Å². The number of rotatable bonds is 7. The lowest BCUT2D eigenvalue weighted by Gasteiger charge is -2.33. The second-order valence-corrected chi connectivity index (χ2v) is 9.01. The third-order valence-corrected chi connectivity index (χ3v) is 6.16. The van der Waals surface area contributed by atoms with Gasteiger partial charge in [0.05, 0.1) is 9.82 Å². The summed E-state index contributed by atoms with van der Waals surface area (Å²) in [5, 5.41) is 19.4. The van der Waals surface area contributed by atoms with Crippen LogP contribution in [0.25, 0.3) is 0 Å². The van der Waals surface area contributed by atoms with E-state index >= 15 is 0 Å². The fourth-order valence-electron chi connectivity index (χ4n) is 3.39. The van der Waals surface area contributed by atoms with E-state index in [1.54, 1.807) is 24.3 Å². The number of sulfonamides is 1. The second-order valence-electron chi connectivity index (χ2n) is 7.45. The predicted octanol–water partition coefficient (Wildman–Crippen LogP) is 0.967. The van der Waals surface area contributed by atoms with Gasteiger partial charge in [0.2, 0.25) is 10.0 Å². The lowest BCUT2D eigenvalue weighted by molar-refractivity contribution is -0.384. The number of carbonyl (C=O) groups is 1. The van der Waals surface area contributed by atoms with Gasteiger partial charge < -0.3 is 15.1 Å². The van der Waals surface area contributed by atoms with Crippen molar-refractivity contribution in [2.45, 2.75) is 11.3 Å². The molecule has 3 rings (SSSR count). The van der Waals surface area contributed by atoms with Crippen LogP contribution < -0.4 is 15.4 Å². The van der Waals surface area contributed by atoms with E-state index in [-0.39, 0.29) is 16.1 Å². The van der Waals surface area contributed by atoms with Crippen LogP contribution >= 0.6 is 0 Å². The number of hydrogen-bond donors (Lipinski definition) is 2. The van der Waals surface area contributed by atoms with Crippen LogP contribution in [0.15, 0.2) is 47.4 Å². The topological polar surface area (TPSA) is 139 Å². The van der Waals surface area contributed by atoms with E-state index in [4.69, 9.17) is 5.14 Å². The molecule has 2 aromatic rings. The summed E-state index contributed by atoms with van der Waals surface area (Å²) in [6.45, 7) is 3.30. The maximum atomic E-state index is 12.5. The number of nitro benzene ring substituents is 1. The molecule has 166 valence electrons. The zero-order valence-corrected chi connectivity index (χ0v) is 18.0. The number of nitrogens with two attached hydrogens (primary N) is 1. The Morgan fingerprint density at radius 2 is 1.77 bits per heavy atom. The van der Waals surface area contributed by atoms with Gasteiger partial charge in [-0.1, -0.05) is 12.1 Å². The van der Waals surface area contributed by atoms with Crippen molar-refractivity contribution in [2.24, 2.45) is 5.14 Å². The van der Waals surface area contributed by atoms with Crippen molar-refractivity contribution in [3.05, 3.63) is 63.7 Å². The van der Waals surface area contributed by atoms with Crippen LogP contribution in [0.3, 0.4) is 0 Å². The first-order chi connectivity index (χ1) is 14.6. The summed E-state index contributed by atoms with van der Waals surface area (Å²) in [5.41, 5.74) is 1.47. The largest absolute Gasteiger partial charge is 0.363 e. The first kappa shape index (κ1) is 22.7. The Morgan fingerprint density at radius 3 is 2.35 bits per heavy atom. The smallest absolute Gasteiger partial charge is 0.293 e. The minimum atomic E-state index is -3.75. The Bertz CT molecular complexity index is 1060. The molecular formula is C20H25N5O5S. The Kier molecular flexibility index (Phi) is 6.88. The number of carbonyl (C=O) groups excluding carboxylic acids is 1. The van der Waals surface area contributed by atoms with Gasteiger partial charge in [-0.05, 0) is 43.3 Å². The number of amides is 1. The van der Waals surface area contributed by atoms with Gasteiger partial charge in [-0.25, -0.2) is 13.6 Å². The summed E-state index contributed by atoms with van der Waals surface area (Å²) >= 11 is 0. The van der Waals surface area contributed by atoms with Crippen molar-refractivity contribution < 1.29 is 18.1 Å². The molecule has 0 saturated carbocycles. The molecule has 1 fully saturated rings. The number of piperazine rings is 1. The van der Waals surface area contributed by atoms with E-state index < -0.39 is 20.9 Å². The summed E-state index contributed by atoms with van der Waals surface area (Å²) < 4.78 is 22.6. The van der Waals surface area contributed by atoms with E-state index in [2.05, 4.69) is 10.2 Å². The van der Waals surface area contributed by atoms with Crippen LogP contribution in [0, 0.1) is 10.1 Å². The predicted molar refractivity (Wildman–Crippen MR) is 117 cm³/mol.